The van der Waals surface area contributed by atoms with Gasteiger partial charge in [-0.15, -0.1) is 0 Å². The normalized spacial score (nSPS) is 11.0. The summed E-state index contributed by atoms with van der Waals surface area (Å²) in [6.45, 7) is 2.44. The predicted molar refractivity (Wildman–Crippen MR) is 132 cm³/mol. The summed E-state index contributed by atoms with van der Waals surface area (Å²) in [7, 11) is 0. The van der Waals surface area contributed by atoms with Crippen LogP contribution in [0.2, 0.25) is 10.0 Å². The summed E-state index contributed by atoms with van der Waals surface area (Å²) in [4.78, 5) is 4.50. The van der Waals surface area contributed by atoms with Crippen LogP contribution < -0.4 is 9.47 Å². The van der Waals surface area contributed by atoms with Gasteiger partial charge in [-0.1, -0.05) is 71.2 Å². The minimum absolute atomic E-state index is 0.393. The Morgan fingerprint density at radius 3 is 2.06 bits per heavy atom. The van der Waals surface area contributed by atoms with Gasteiger partial charge in [0.2, 0.25) is 0 Å². The van der Waals surface area contributed by atoms with Crippen molar-refractivity contribution in [3.63, 3.8) is 0 Å². The van der Waals surface area contributed by atoms with E-state index in [0.717, 1.165) is 28.3 Å². The Bertz CT molecular complexity index is 1180. The molecule has 0 aliphatic rings. The van der Waals surface area contributed by atoms with Crippen molar-refractivity contribution in [1.29, 1.82) is 0 Å². The molecule has 0 spiro atoms. The highest BCUT2D eigenvalue weighted by molar-refractivity contribution is 6.37. The van der Waals surface area contributed by atoms with Crippen LogP contribution in [0.1, 0.15) is 16.7 Å². The zero-order valence-electron chi connectivity index (χ0n) is 17.5. The third kappa shape index (κ3) is 5.91. The lowest BCUT2D eigenvalue weighted by Crippen LogP contribution is -1.97. The zero-order valence-corrected chi connectivity index (χ0v) is 19.0. The van der Waals surface area contributed by atoms with Crippen molar-refractivity contribution in [2.24, 2.45) is 4.99 Å². The molecule has 0 saturated heterocycles. The Hall–Kier alpha value is -3.27. The first kappa shape index (κ1) is 21.9. The molecular weight excluding hydrogens is 441 g/mol. The lowest BCUT2D eigenvalue weighted by Gasteiger charge is -2.11. The number of halogens is 2. The van der Waals surface area contributed by atoms with Crippen molar-refractivity contribution in [2.75, 3.05) is 0 Å². The molecule has 0 aromatic heterocycles. The van der Waals surface area contributed by atoms with Gasteiger partial charge in [0, 0.05) is 6.21 Å². The third-order valence-corrected chi connectivity index (χ3v) is 5.26. The van der Waals surface area contributed by atoms with Crippen molar-refractivity contribution in [3.05, 3.63) is 118 Å². The van der Waals surface area contributed by atoms with Crippen molar-refractivity contribution >= 4 is 35.1 Å². The first-order valence-corrected chi connectivity index (χ1v) is 10.9. The van der Waals surface area contributed by atoms with Gasteiger partial charge in [0.15, 0.2) is 5.75 Å². The largest absolute Gasteiger partial charge is 0.486 e. The molecule has 0 saturated carbocycles. The Balaban J connectivity index is 1.41. The highest BCUT2D eigenvalue weighted by Crippen LogP contribution is 2.34. The minimum Gasteiger partial charge on any atom is -0.486 e. The quantitative estimate of drug-likeness (QED) is 0.258. The average Bonchev–Trinajstić information content (AvgIpc) is 2.80. The number of ether oxygens (including phenoxy) is 2. The molecule has 0 unspecified atom stereocenters. The number of hydrogen-bond donors (Lipinski definition) is 0. The molecule has 3 nitrogen and oxygen atoms in total. The van der Waals surface area contributed by atoms with Crippen LogP contribution in [0.15, 0.2) is 96.0 Å². The fourth-order valence-corrected chi connectivity index (χ4v) is 3.62. The number of aryl methyl sites for hydroxylation is 1. The summed E-state index contributed by atoms with van der Waals surface area (Å²) >= 11 is 12.8. The standard InChI is InChI=1S/C27H21Cl2NO2/c1-19-7-9-20(10-8-19)18-31-27-25(28)15-21(16-26(27)29)17-30-22-11-13-24(14-12-22)32-23-5-3-2-4-6-23/h2-17H,18H2,1H3. The van der Waals surface area contributed by atoms with E-state index >= 15 is 0 Å². The summed E-state index contributed by atoms with van der Waals surface area (Å²) in [6.07, 6.45) is 1.72. The Labute approximate surface area is 197 Å². The van der Waals surface area contributed by atoms with Gasteiger partial charge >= 0.3 is 0 Å². The number of rotatable bonds is 7. The van der Waals surface area contributed by atoms with Crippen LogP contribution >= 0.6 is 23.2 Å². The third-order valence-electron chi connectivity index (χ3n) is 4.70. The van der Waals surface area contributed by atoms with Gasteiger partial charge in [-0.25, -0.2) is 0 Å². The lowest BCUT2D eigenvalue weighted by molar-refractivity contribution is 0.306. The second kappa shape index (κ2) is 10.4. The van der Waals surface area contributed by atoms with Crippen LogP contribution in [0.5, 0.6) is 17.2 Å². The maximum Gasteiger partial charge on any atom is 0.157 e. The van der Waals surface area contributed by atoms with Crippen LogP contribution in [-0.4, -0.2) is 6.21 Å². The Morgan fingerprint density at radius 2 is 1.41 bits per heavy atom. The molecule has 0 N–H and O–H groups in total. The van der Waals surface area contributed by atoms with E-state index in [1.165, 1.54) is 5.56 Å². The van der Waals surface area contributed by atoms with E-state index in [0.29, 0.717) is 22.4 Å². The van der Waals surface area contributed by atoms with Crippen molar-refractivity contribution in [3.8, 4) is 17.2 Å². The van der Waals surface area contributed by atoms with E-state index in [1.807, 2.05) is 85.8 Å². The number of nitrogens with zero attached hydrogens (tertiary/aromatic N) is 1. The molecule has 0 atom stereocenters. The zero-order chi connectivity index (χ0) is 22.3. The maximum absolute atomic E-state index is 6.42. The molecule has 4 aromatic carbocycles. The molecule has 0 aliphatic carbocycles. The van der Waals surface area contributed by atoms with Crippen LogP contribution in [-0.2, 0) is 6.61 Å². The van der Waals surface area contributed by atoms with Crippen LogP contribution in [0.4, 0.5) is 5.69 Å². The van der Waals surface area contributed by atoms with Gasteiger partial charge < -0.3 is 9.47 Å². The van der Waals surface area contributed by atoms with Gasteiger partial charge in [0.05, 0.1) is 15.7 Å². The topological polar surface area (TPSA) is 30.8 Å². The second-order valence-electron chi connectivity index (χ2n) is 7.26. The summed E-state index contributed by atoms with van der Waals surface area (Å²) in [5.41, 5.74) is 3.82. The van der Waals surface area contributed by atoms with E-state index in [9.17, 15) is 0 Å². The van der Waals surface area contributed by atoms with Gasteiger partial charge in [-0.2, -0.15) is 0 Å². The summed E-state index contributed by atoms with van der Waals surface area (Å²) in [5.74, 6) is 2.00. The summed E-state index contributed by atoms with van der Waals surface area (Å²) < 4.78 is 11.7. The number of aliphatic imine (C=N–C) groups is 1. The average molecular weight is 462 g/mol. The fourth-order valence-electron chi connectivity index (χ4n) is 3.01. The van der Waals surface area contributed by atoms with Crippen molar-refractivity contribution < 1.29 is 9.47 Å². The molecule has 4 aromatic rings. The molecular formula is C27H21Cl2NO2. The molecule has 0 bridgehead atoms. The summed E-state index contributed by atoms with van der Waals surface area (Å²) in [5, 5.41) is 0.885. The number of hydrogen-bond acceptors (Lipinski definition) is 3. The SMILES string of the molecule is Cc1ccc(COc2c(Cl)cc(C=Nc3ccc(Oc4ccccc4)cc3)cc2Cl)cc1. The maximum atomic E-state index is 6.42. The van der Waals surface area contributed by atoms with E-state index in [4.69, 9.17) is 32.7 Å². The van der Waals surface area contributed by atoms with Crippen molar-refractivity contribution in [1.82, 2.24) is 0 Å². The minimum atomic E-state index is 0.393. The van der Waals surface area contributed by atoms with Crippen LogP contribution in [0, 0.1) is 6.92 Å². The van der Waals surface area contributed by atoms with E-state index in [1.54, 1.807) is 18.3 Å². The van der Waals surface area contributed by atoms with E-state index in [-0.39, 0.29) is 0 Å². The molecule has 0 amide bonds. The summed E-state index contributed by atoms with van der Waals surface area (Å²) in [6, 6.07) is 28.9. The molecule has 160 valence electrons. The number of para-hydroxylation sites is 1. The molecule has 32 heavy (non-hydrogen) atoms. The molecule has 0 heterocycles. The van der Waals surface area contributed by atoms with Gasteiger partial charge in [0.25, 0.3) is 0 Å². The highest BCUT2D eigenvalue weighted by atomic mass is 35.5. The Kier molecular flexibility index (Phi) is 7.10. The molecule has 0 aliphatic heterocycles. The highest BCUT2D eigenvalue weighted by Gasteiger charge is 2.10. The van der Waals surface area contributed by atoms with E-state index < -0.39 is 0 Å². The van der Waals surface area contributed by atoms with Gasteiger partial charge in [-0.05, 0) is 66.6 Å². The first-order valence-electron chi connectivity index (χ1n) is 10.1. The second-order valence-corrected chi connectivity index (χ2v) is 8.07. The first-order chi connectivity index (χ1) is 15.6. The van der Waals surface area contributed by atoms with E-state index in [2.05, 4.69) is 4.99 Å². The predicted octanol–water partition coefficient (Wildman–Crippen LogP) is 8.42. The van der Waals surface area contributed by atoms with Crippen LogP contribution in [0.3, 0.4) is 0 Å². The molecule has 5 heteroatoms. The lowest BCUT2D eigenvalue weighted by atomic mass is 10.2. The Morgan fingerprint density at radius 1 is 0.781 bits per heavy atom. The van der Waals surface area contributed by atoms with Gasteiger partial charge in [0.1, 0.15) is 18.1 Å². The molecule has 4 rings (SSSR count). The molecule has 0 fully saturated rings. The number of benzene rings is 4. The van der Waals surface area contributed by atoms with Crippen molar-refractivity contribution in [2.45, 2.75) is 13.5 Å². The smallest absolute Gasteiger partial charge is 0.157 e. The fraction of sp³-hybridized carbons (Fsp3) is 0.0741. The van der Waals surface area contributed by atoms with Gasteiger partial charge in [-0.3, -0.25) is 4.99 Å². The molecule has 0 radical (unpaired) electrons. The van der Waals surface area contributed by atoms with Crippen LogP contribution in [0.25, 0.3) is 0 Å². The monoisotopic (exact) mass is 461 g/mol.